The third kappa shape index (κ3) is 6.84. The molecule has 0 unspecified atom stereocenters. The van der Waals surface area contributed by atoms with Gasteiger partial charge in [0.1, 0.15) is 5.58 Å². The Hall–Kier alpha value is -5.46. The Morgan fingerprint density at radius 2 is 1.41 bits per heavy atom. The van der Waals surface area contributed by atoms with Crippen LogP contribution in [0.3, 0.4) is 0 Å². The van der Waals surface area contributed by atoms with Gasteiger partial charge in [-0.05, 0) is 42.1 Å². The number of pyridine rings is 2. The molecule has 0 aliphatic rings. The van der Waals surface area contributed by atoms with Crippen molar-refractivity contribution in [2.75, 3.05) is 0 Å². The predicted octanol–water partition coefficient (Wildman–Crippen LogP) is 10.5. The third-order valence-corrected chi connectivity index (χ3v) is 10.8. The van der Waals surface area contributed by atoms with Crippen molar-refractivity contribution in [3.63, 3.8) is 0 Å². The van der Waals surface area contributed by atoms with Crippen molar-refractivity contribution in [1.82, 2.24) is 19.5 Å². The van der Waals surface area contributed by atoms with Crippen LogP contribution in [-0.2, 0) is 20.1 Å². The molecule has 7 heteroatoms. The SMILES string of the molecule is C[Si](C)(C)c1ccc2c(c1)oc1c(-c3nc4nc(-c5ccccc5)ccc4n3-c3ccccc3)[c-]ccc12.[Ir].[c-]1ccccc1-c1ccccn1. The second kappa shape index (κ2) is 14.4. The number of hydrogen-bond donors (Lipinski definition) is 0. The zero-order chi connectivity index (χ0) is 34.1. The Morgan fingerprint density at radius 1 is 0.647 bits per heavy atom. The van der Waals surface area contributed by atoms with Crippen LogP contribution in [0.1, 0.15) is 0 Å². The summed E-state index contributed by atoms with van der Waals surface area (Å²) in [5, 5.41) is 3.56. The number of rotatable bonds is 5. The molecule has 0 atom stereocenters. The summed E-state index contributed by atoms with van der Waals surface area (Å²) in [4.78, 5) is 14.3. The maximum Gasteiger partial charge on any atom is 0.168 e. The zero-order valence-corrected chi connectivity index (χ0v) is 31.9. The van der Waals surface area contributed by atoms with E-state index in [0.717, 1.165) is 67.0 Å². The first kappa shape index (κ1) is 34.0. The smallest absolute Gasteiger partial charge is 0.168 e. The largest absolute Gasteiger partial charge is 0.501 e. The number of aromatic nitrogens is 4. The number of para-hydroxylation sites is 1. The normalized spacial score (nSPS) is 11.3. The van der Waals surface area contributed by atoms with Crippen molar-refractivity contribution in [3.8, 4) is 39.6 Å². The van der Waals surface area contributed by atoms with Crippen molar-refractivity contribution in [2.45, 2.75) is 19.6 Å². The van der Waals surface area contributed by atoms with Gasteiger partial charge in [-0.1, -0.05) is 109 Å². The van der Waals surface area contributed by atoms with Crippen LogP contribution in [-0.4, -0.2) is 27.6 Å². The molecule has 0 fully saturated rings. The van der Waals surface area contributed by atoms with Crippen LogP contribution in [0.2, 0.25) is 19.6 Å². The summed E-state index contributed by atoms with van der Waals surface area (Å²) in [6.45, 7) is 7.07. The summed E-state index contributed by atoms with van der Waals surface area (Å²) >= 11 is 0. The van der Waals surface area contributed by atoms with Gasteiger partial charge in [0, 0.05) is 42.9 Å². The third-order valence-electron chi connectivity index (χ3n) is 8.78. The van der Waals surface area contributed by atoms with Crippen LogP contribution in [0.5, 0.6) is 0 Å². The molecule has 0 spiro atoms. The van der Waals surface area contributed by atoms with Gasteiger partial charge in [-0.15, -0.1) is 54.1 Å². The topological polar surface area (TPSA) is 56.7 Å². The van der Waals surface area contributed by atoms with Gasteiger partial charge in [-0.2, -0.15) is 0 Å². The number of hydrogen-bond acceptors (Lipinski definition) is 4. The molecule has 0 bridgehead atoms. The predicted molar refractivity (Wildman–Crippen MR) is 207 cm³/mol. The maximum absolute atomic E-state index is 6.57. The molecule has 9 rings (SSSR count). The van der Waals surface area contributed by atoms with Crippen LogP contribution in [0.25, 0.3) is 72.7 Å². The Bertz CT molecular complexity index is 2530. The zero-order valence-electron chi connectivity index (χ0n) is 28.5. The van der Waals surface area contributed by atoms with Crippen LogP contribution in [0.4, 0.5) is 0 Å². The van der Waals surface area contributed by atoms with Gasteiger partial charge in [0.15, 0.2) is 5.65 Å². The van der Waals surface area contributed by atoms with Crippen LogP contribution in [0, 0.1) is 12.1 Å². The molecule has 4 aromatic heterocycles. The summed E-state index contributed by atoms with van der Waals surface area (Å²) < 4.78 is 8.73. The molecule has 5 aromatic carbocycles. The van der Waals surface area contributed by atoms with E-state index in [9.17, 15) is 0 Å². The van der Waals surface area contributed by atoms with Gasteiger partial charge in [-0.3, -0.25) is 4.98 Å². The minimum absolute atomic E-state index is 0. The molecule has 0 aliphatic heterocycles. The number of nitrogens with zero attached hydrogens (tertiary/aromatic N) is 4. The Labute approximate surface area is 312 Å². The quantitative estimate of drug-likeness (QED) is 0.128. The molecule has 0 saturated carbocycles. The van der Waals surface area contributed by atoms with E-state index in [4.69, 9.17) is 14.4 Å². The Kier molecular flexibility index (Phi) is 9.61. The van der Waals surface area contributed by atoms with E-state index in [2.05, 4.69) is 102 Å². The monoisotopic (exact) mass is 855 g/mol. The molecule has 0 amide bonds. The molecule has 0 saturated heterocycles. The van der Waals surface area contributed by atoms with E-state index < -0.39 is 8.07 Å². The Morgan fingerprint density at radius 3 is 2.14 bits per heavy atom. The maximum atomic E-state index is 6.57. The van der Waals surface area contributed by atoms with E-state index >= 15 is 0 Å². The number of benzene rings is 5. The van der Waals surface area contributed by atoms with Crippen LogP contribution >= 0.6 is 0 Å². The van der Waals surface area contributed by atoms with Crippen molar-refractivity contribution in [1.29, 1.82) is 0 Å². The van der Waals surface area contributed by atoms with Gasteiger partial charge in [0.05, 0.1) is 30.7 Å². The summed E-state index contributed by atoms with van der Waals surface area (Å²) in [7, 11) is -1.48. The molecule has 251 valence electrons. The van der Waals surface area contributed by atoms with E-state index in [-0.39, 0.29) is 20.1 Å². The first-order valence-electron chi connectivity index (χ1n) is 16.7. The Balaban J connectivity index is 0.000000265. The first-order valence-corrected chi connectivity index (χ1v) is 20.2. The van der Waals surface area contributed by atoms with E-state index in [1.807, 2.05) is 84.9 Å². The summed E-state index contributed by atoms with van der Waals surface area (Å²) in [5.74, 6) is 0.763. The molecule has 51 heavy (non-hydrogen) atoms. The molecule has 0 aliphatic carbocycles. The minimum atomic E-state index is -1.48. The average molecular weight is 855 g/mol. The van der Waals surface area contributed by atoms with Gasteiger partial charge in [0.2, 0.25) is 0 Å². The van der Waals surface area contributed by atoms with Gasteiger partial charge < -0.3 is 14.0 Å². The van der Waals surface area contributed by atoms with Crippen molar-refractivity contribution >= 4 is 46.4 Å². The second-order valence-corrected chi connectivity index (χ2v) is 18.2. The number of imidazole rings is 1. The van der Waals surface area contributed by atoms with E-state index in [1.165, 1.54) is 5.19 Å². The molecule has 0 N–H and O–H groups in total. The van der Waals surface area contributed by atoms with Crippen molar-refractivity contribution in [3.05, 3.63) is 164 Å². The standard InChI is InChI=1S/C33H26N3OSi.C11H8N.Ir/c1-38(2,3)24-17-18-25-26-15-10-16-27(31(26)37-30(25)21-24)33-35-32-29(36(33)23-13-8-5-9-14-23)20-19-28(34-32)22-11-6-4-7-12-22;1-2-6-10(7-3-1)11-8-4-5-9-12-11;/h4-15,17-21H,1-3H3;1-6,8-9H;/q2*-1;. The fraction of sp³-hybridized carbons (Fsp3) is 0.0682. The summed E-state index contributed by atoms with van der Waals surface area (Å²) in [5.41, 5.74) is 9.15. The second-order valence-electron chi connectivity index (χ2n) is 13.2. The molecule has 9 aromatic rings. The fourth-order valence-corrected chi connectivity index (χ4v) is 7.33. The van der Waals surface area contributed by atoms with Crippen molar-refractivity contribution < 1.29 is 24.5 Å². The molecule has 5 nitrogen and oxygen atoms in total. The number of furan rings is 1. The average Bonchev–Trinajstić information content (AvgIpc) is 3.74. The van der Waals surface area contributed by atoms with Crippen LogP contribution < -0.4 is 5.19 Å². The van der Waals surface area contributed by atoms with E-state index in [0.29, 0.717) is 5.65 Å². The number of fused-ring (bicyclic) bond motifs is 4. The van der Waals surface area contributed by atoms with Gasteiger partial charge >= 0.3 is 0 Å². The van der Waals surface area contributed by atoms with Crippen molar-refractivity contribution in [2.24, 2.45) is 0 Å². The fourth-order valence-electron chi connectivity index (χ4n) is 6.19. The van der Waals surface area contributed by atoms with Gasteiger partial charge in [0.25, 0.3) is 0 Å². The first-order chi connectivity index (χ1) is 24.4. The molecular weight excluding hydrogens is 821 g/mol. The van der Waals surface area contributed by atoms with Crippen LogP contribution in [0.15, 0.2) is 156 Å². The summed E-state index contributed by atoms with van der Waals surface area (Å²) in [6.07, 6.45) is 1.79. The molecular formula is C44H34IrN4OSi-2. The molecule has 1 radical (unpaired) electrons. The van der Waals surface area contributed by atoms with E-state index in [1.54, 1.807) is 6.20 Å². The minimum Gasteiger partial charge on any atom is -0.501 e. The van der Waals surface area contributed by atoms with Gasteiger partial charge in [-0.25, -0.2) is 4.98 Å². The molecule has 4 heterocycles. The summed E-state index contributed by atoms with van der Waals surface area (Å²) in [6, 6.07) is 55.7.